The zero-order valence-electron chi connectivity index (χ0n) is 12.9. The fourth-order valence-corrected chi connectivity index (χ4v) is 2.51. The minimum Gasteiger partial charge on any atom is -0.383 e. The third-order valence-electron chi connectivity index (χ3n) is 4.32. The molecule has 0 bridgehead atoms. The van der Waals surface area contributed by atoms with E-state index < -0.39 is 0 Å². The highest BCUT2D eigenvalue weighted by Crippen LogP contribution is 2.31. The van der Waals surface area contributed by atoms with Gasteiger partial charge in [0.05, 0.1) is 6.61 Å². The third kappa shape index (κ3) is 4.96. The molecule has 0 aromatic carbocycles. The van der Waals surface area contributed by atoms with E-state index >= 15 is 0 Å². The molecule has 1 rings (SSSR count). The summed E-state index contributed by atoms with van der Waals surface area (Å²) in [5, 5.41) is 7.77. The van der Waals surface area contributed by atoms with Gasteiger partial charge in [0, 0.05) is 39.1 Å². The normalized spacial score (nSPS) is 12.0. The summed E-state index contributed by atoms with van der Waals surface area (Å²) in [6.45, 7) is 7.38. The van der Waals surface area contributed by atoms with Gasteiger partial charge in [0.25, 0.3) is 0 Å². The number of aryl methyl sites for hydroxylation is 2. The quantitative estimate of drug-likeness (QED) is 0.662. The van der Waals surface area contributed by atoms with Crippen LogP contribution in [0.2, 0.25) is 0 Å². The molecule has 110 valence electrons. The Morgan fingerprint density at radius 2 is 2.11 bits per heavy atom. The summed E-state index contributed by atoms with van der Waals surface area (Å²) in [5.41, 5.74) is 1.71. The highest BCUT2D eigenvalue weighted by atomic mass is 16.5. The van der Waals surface area contributed by atoms with E-state index in [0.29, 0.717) is 5.41 Å². The Bertz CT molecular complexity index is 345. The molecule has 0 fully saturated rings. The van der Waals surface area contributed by atoms with Crippen LogP contribution in [0.25, 0.3) is 0 Å². The van der Waals surface area contributed by atoms with Crippen molar-refractivity contribution in [3.8, 4) is 0 Å². The van der Waals surface area contributed by atoms with Crippen molar-refractivity contribution in [2.24, 2.45) is 12.5 Å². The van der Waals surface area contributed by atoms with E-state index in [4.69, 9.17) is 4.74 Å². The Morgan fingerprint density at radius 1 is 1.37 bits per heavy atom. The van der Waals surface area contributed by atoms with E-state index in [2.05, 4.69) is 30.3 Å². The van der Waals surface area contributed by atoms with E-state index in [9.17, 15) is 0 Å². The average Bonchev–Trinajstić information content (AvgIpc) is 2.84. The van der Waals surface area contributed by atoms with Gasteiger partial charge < -0.3 is 10.1 Å². The summed E-state index contributed by atoms with van der Waals surface area (Å²) < 4.78 is 7.06. The smallest absolute Gasteiger partial charge is 0.0587 e. The van der Waals surface area contributed by atoms with Crippen LogP contribution in [-0.2, 0) is 18.2 Å². The first kappa shape index (κ1) is 16.2. The molecule has 0 saturated heterocycles. The molecule has 1 aromatic heterocycles. The van der Waals surface area contributed by atoms with Gasteiger partial charge >= 0.3 is 0 Å². The molecular formula is C15H29N3O. The molecular weight excluding hydrogens is 238 g/mol. The van der Waals surface area contributed by atoms with E-state index in [1.165, 1.54) is 25.0 Å². The van der Waals surface area contributed by atoms with Crippen molar-refractivity contribution in [1.29, 1.82) is 0 Å². The largest absolute Gasteiger partial charge is 0.383 e. The topological polar surface area (TPSA) is 39.1 Å². The minimum absolute atomic E-state index is 0.387. The molecule has 4 heteroatoms. The number of aromatic nitrogens is 2. The number of ether oxygens (including phenoxy) is 1. The fourth-order valence-electron chi connectivity index (χ4n) is 2.51. The lowest BCUT2D eigenvalue weighted by Crippen LogP contribution is -2.35. The Balaban J connectivity index is 2.48. The molecule has 1 heterocycles. The molecule has 1 N–H and O–H groups in total. The monoisotopic (exact) mass is 267 g/mol. The van der Waals surface area contributed by atoms with E-state index in [1.54, 1.807) is 7.11 Å². The molecule has 0 saturated carbocycles. The van der Waals surface area contributed by atoms with Crippen LogP contribution in [-0.4, -0.2) is 36.6 Å². The number of hydrogen-bond acceptors (Lipinski definition) is 3. The number of nitrogens with zero attached hydrogens (tertiary/aromatic N) is 2. The molecule has 0 unspecified atom stereocenters. The van der Waals surface area contributed by atoms with Crippen LogP contribution < -0.4 is 5.32 Å². The van der Waals surface area contributed by atoms with Crippen LogP contribution in [0.15, 0.2) is 12.3 Å². The van der Waals surface area contributed by atoms with Gasteiger partial charge in [-0.15, -0.1) is 0 Å². The molecule has 19 heavy (non-hydrogen) atoms. The van der Waals surface area contributed by atoms with Crippen LogP contribution in [0, 0.1) is 5.41 Å². The summed E-state index contributed by atoms with van der Waals surface area (Å²) in [6, 6.07) is 2.12. The average molecular weight is 267 g/mol. The van der Waals surface area contributed by atoms with Crippen molar-refractivity contribution < 1.29 is 4.74 Å². The molecule has 0 aliphatic rings. The van der Waals surface area contributed by atoms with Crippen LogP contribution in [0.3, 0.4) is 0 Å². The first-order chi connectivity index (χ1) is 9.17. The zero-order chi connectivity index (χ0) is 14.1. The molecule has 0 spiro atoms. The Kier molecular flexibility index (Phi) is 7.10. The maximum atomic E-state index is 5.08. The molecule has 0 aliphatic carbocycles. The fraction of sp³-hybridized carbons (Fsp3) is 0.800. The maximum absolute atomic E-state index is 5.08. The Hall–Kier alpha value is -0.870. The first-order valence-electron chi connectivity index (χ1n) is 7.34. The highest BCUT2D eigenvalue weighted by Gasteiger charge is 2.25. The molecule has 0 radical (unpaired) electrons. The van der Waals surface area contributed by atoms with Gasteiger partial charge in [0.2, 0.25) is 0 Å². The summed E-state index contributed by atoms with van der Waals surface area (Å²) in [5.74, 6) is 0. The number of nitrogens with one attached hydrogen (secondary N) is 1. The van der Waals surface area contributed by atoms with Gasteiger partial charge in [-0.25, -0.2) is 0 Å². The van der Waals surface area contributed by atoms with Crippen LogP contribution >= 0.6 is 0 Å². The predicted molar refractivity (Wildman–Crippen MR) is 79.3 cm³/mol. The van der Waals surface area contributed by atoms with Crippen molar-refractivity contribution >= 4 is 0 Å². The molecule has 0 amide bonds. The van der Waals surface area contributed by atoms with E-state index in [0.717, 1.165) is 26.1 Å². The second-order valence-corrected chi connectivity index (χ2v) is 5.32. The lowest BCUT2D eigenvalue weighted by Gasteiger charge is -2.32. The summed E-state index contributed by atoms with van der Waals surface area (Å²) in [7, 11) is 3.77. The minimum atomic E-state index is 0.387. The molecule has 0 aliphatic heterocycles. The summed E-state index contributed by atoms with van der Waals surface area (Å²) in [6.07, 6.45) is 6.61. The summed E-state index contributed by atoms with van der Waals surface area (Å²) in [4.78, 5) is 0. The van der Waals surface area contributed by atoms with Crippen LogP contribution in [0.4, 0.5) is 0 Å². The molecule has 0 atom stereocenters. The van der Waals surface area contributed by atoms with Gasteiger partial charge in [-0.2, -0.15) is 5.10 Å². The third-order valence-corrected chi connectivity index (χ3v) is 4.32. The van der Waals surface area contributed by atoms with Crippen molar-refractivity contribution in [1.82, 2.24) is 15.1 Å². The molecule has 4 nitrogen and oxygen atoms in total. The van der Waals surface area contributed by atoms with Gasteiger partial charge in [0.1, 0.15) is 0 Å². The standard InChI is InChI=1S/C15H29N3O/c1-5-15(6-2,13-16-11-12-19-4)9-7-14-8-10-17-18(14)3/h8,10,16H,5-7,9,11-13H2,1-4H3. The van der Waals surface area contributed by atoms with E-state index in [1.807, 2.05) is 17.9 Å². The van der Waals surface area contributed by atoms with Gasteiger partial charge in [-0.3, -0.25) is 4.68 Å². The van der Waals surface area contributed by atoms with Crippen molar-refractivity contribution in [2.45, 2.75) is 39.5 Å². The van der Waals surface area contributed by atoms with Gasteiger partial charge in [-0.05, 0) is 37.2 Å². The van der Waals surface area contributed by atoms with Crippen LogP contribution in [0.5, 0.6) is 0 Å². The molecule has 1 aromatic rings. The SMILES string of the molecule is CCC(CC)(CCc1ccnn1C)CNCCOC. The second kappa shape index (κ2) is 8.33. The maximum Gasteiger partial charge on any atom is 0.0587 e. The zero-order valence-corrected chi connectivity index (χ0v) is 12.9. The van der Waals surface area contributed by atoms with Crippen LogP contribution in [0.1, 0.15) is 38.8 Å². The number of hydrogen-bond donors (Lipinski definition) is 1. The first-order valence-corrected chi connectivity index (χ1v) is 7.34. The predicted octanol–water partition coefficient (Wildman–Crippen LogP) is 2.40. The number of methoxy groups -OCH3 is 1. The second-order valence-electron chi connectivity index (χ2n) is 5.32. The summed E-state index contributed by atoms with van der Waals surface area (Å²) >= 11 is 0. The van der Waals surface area contributed by atoms with Gasteiger partial charge in [-0.1, -0.05) is 13.8 Å². The Morgan fingerprint density at radius 3 is 2.63 bits per heavy atom. The number of rotatable bonds is 10. The lowest BCUT2D eigenvalue weighted by molar-refractivity contribution is 0.181. The van der Waals surface area contributed by atoms with Crippen molar-refractivity contribution in [3.05, 3.63) is 18.0 Å². The van der Waals surface area contributed by atoms with E-state index in [-0.39, 0.29) is 0 Å². The van der Waals surface area contributed by atoms with Crippen molar-refractivity contribution in [2.75, 3.05) is 26.8 Å². The Labute approximate surface area is 117 Å². The van der Waals surface area contributed by atoms with Gasteiger partial charge in [0.15, 0.2) is 0 Å². The highest BCUT2D eigenvalue weighted by molar-refractivity contribution is 5.01. The lowest BCUT2D eigenvalue weighted by atomic mass is 9.77. The van der Waals surface area contributed by atoms with Crippen molar-refractivity contribution in [3.63, 3.8) is 0 Å².